The predicted octanol–water partition coefficient (Wildman–Crippen LogP) is 3.90. The average Bonchev–Trinajstić information content (AvgIpc) is 2.81. The van der Waals surface area contributed by atoms with Crippen molar-refractivity contribution in [3.05, 3.63) is 54.1 Å². The van der Waals surface area contributed by atoms with E-state index in [-0.39, 0.29) is 41.9 Å². The maximum absolute atomic E-state index is 13.7. The molecule has 0 amide bonds. The summed E-state index contributed by atoms with van der Waals surface area (Å²) >= 11 is 3.26. The van der Waals surface area contributed by atoms with Gasteiger partial charge in [-0.3, -0.25) is 9.59 Å². The molecule has 2 N–H and O–H groups in total. The smallest absolute Gasteiger partial charge is 0.324 e. The largest absolute Gasteiger partial charge is 0.489 e. The second kappa shape index (κ2) is 13.1. The molecule has 0 radical (unpaired) electrons. The van der Waals surface area contributed by atoms with Crippen molar-refractivity contribution >= 4 is 43.6 Å². The Morgan fingerprint density at radius 1 is 1.11 bits per heavy atom. The van der Waals surface area contributed by atoms with Crippen LogP contribution in [-0.4, -0.2) is 55.3 Å². The van der Waals surface area contributed by atoms with E-state index >= 15 is 0 Å². The van der Waals surface area contributed by atoms with Crippen LogP contribution in [0.2, 0.25) is 0 Å². The van der Waals surface area contributed by atoms with Crippen LogP contribution in [-0.2, 0) is 35.7 Å². The fourth-order valence-corrected chi connectivity index (χ4v) is 5.68. The van der Waals surface area contributed by atoms with Crippen LogP contribution in [0.5, 0.6) is 5.75 Å². The number of nitrogens with two attached hydrogens (primary N) is 1. The highest BCUT2D eigenvalue weighted by atomic mass is 79.9. The van der Waals surface area contributed by atoms with Gasteiger partial charge in [0.05, 0.1) is 12.8 Å². The summed E-state index contributed by atoms with van der Waals surface area (Å²) in [6.07, 6.45) is -0.289. The number of alkyl halides is 1. The molecule has 0 aliphatic heterocycles. The molecule has 0 unspecified atom stereocenters. The summed E-state index contributed by atoms with van der Waals surface area (Å²) in [7, 11) is -3.04. The molecule has 0 saturated heterocycles. The van der Waals surface area contributed by atoms with Crippen molar-refractivity contribution in [3.8, 4) is 5.75 Å². The molecule has 0 saturated carbocycles. The number of anilines is 1. The number of nitrogen functional groups attached to an aromatic ring is 1. The third-order valence-corrected chi connectivity index (χ3v) is 7.33. The number of halogens is 1. The van der Waals surface area contributed by atoms with Crippen LogP contribution in [0.25, 0.3) is 0 Å². The van der Waals surface area contributed by atoms with E-state index in [2.05, 4.69) is 20.7 Å². The lowest BCUT2D eigenvalue weighted by molar-refractivity contribution is -0.160. The lowest BCUT2D eigenvalue weighted by atomic mass is 10.1. The van der Waals surface area contributed by atoms with Gasteiger partial charge in [-0.25, -0.2) is 8.42 Å². The van der Waals surface area contributed by atoms with Crippen molar-refractivity contribution in [3.63, 3.8) is 0 Å². The topological polar surface area (TPSA) is 125 Å². The number of methoxy groups -OCH3 is 1. The molecule has 0 heterocycles. The molecule has 11 heteroatoms. The SMILES string of the molecule is COC(=O)CC[C@H](C(=O)OC(C)(C)C)N(CCBr)S(=O)(=O)c1ccc(OCc2ccccc2)cc1N. The lowest BCUT2D eigenvalue weighted by Gasteiger charge is -2.31. The summed E-state index contributed by atoms with van der Waals surface area (Å²) in [5, 5.41) is 0.238. The summed E-state index contributed by atoms with van der Waals surface area (Å²) in [5.74, 6) is -0.937. The highest BCUT2D eigenvalue weighted by Crippen LogP contribution is 2.30. The molecule has 0 fully saturated rings. The second-order valence-corrected chi connectivity index (χ2v) is 11.6. The van der Waals surface area contributed by atoms with Gasteiger partial charge in [0.2, 0.25) is 10.0 Å². The van der Waals surface area contributed by atoms with Crippen LogP contribution in [0, 0.1) is 0 Å². The number of hydrogen-bond acceptors (Lipinski definition) is 8. The molecule has 36 heavy (non-hydrogen) atoms. The Labute approximate surface area is 221 Å². The van der Waals surface area contributed by atoms with Gasteiger partial charge in [0, 0.05) is 24.4 Å². The normalized spacial score (nSPS) is 12.7. The molecular formula is C25H33BrN2O7S. The van der Waals surface area contributed by atoms with Gasteiger partial charge >= 0.3 is 11.9 Å². The summed E-state index contributed by atoms with van der Waals surface area (Å²) < 4.78 is 44.4. The molecule has 2 rings (SSSR count). The van der Waals surface area contributed by atoms with Gasteiger partial charge in [0.15, 0.2) is 0 Å². The van der Waals surface area contributed by atoms with Gasteiger partial charge in [-0.1, -0.05) is 46.3 Å². The van der Waals surface area contributed by atoms with Crippen molar-refractivity contribution in [1.82, 2.24) is 4.31 Å². The Balaban J connectivity index is 2.37. The molecular weight excluding hydrogens is 552 g/mol. The molecule has 2 aromatic rings. The Morgan fingerprint density at radius 2 is 1.78 bits per heavy atom. The minimum absolute atomic E-state index is 0.0314. The molecule has 1 atom stereocenters. The first-order chi connectivity index (χ1) is 16.9. The molecule has 0 aliphatic rings. The molecule has 9 nitrogen and oxygen atoms in total. The number of ether oxygens (including phenoxy) is 3. The fourth-order valence-electron chi connectivity index (χ4n) is 3.35. The van der Waals surface area contributed by atoms with Crippen LogP contribution in [0.4, 0.5) is 5.69 Å². The van der Waals surface area contributed by atoms with Gasteiger partial charge in [0.1, 0.15) is 28.9 Å². The van der Waals surface area contributed by atoms with Gasteiger partial charge in [-0.15, -0.1) is 0 Å². The summed E-state index contributed by atoms with van der Waals surface area (Å²) in [5.41, 5.74) is 6.20. The van der Waals surface area contributed by atoms with Crippen LogP contribution in [0.3, 0.4) is 0 Å². The van der Waals surface area contributed by atoms with Crippen LogP contribution in [0.1, 0.15) is 39.2 Å². The van der Waals surface area contributed by atoms with E-state index in [1.165, 1.54) is 25.3 Å². The summed E-state index contributed by atoms with van der Waals surface area (Å²) in [4.78, 5) is 24.7. The van der Waals surface area contributed by atoms with Gasteiger partial charge in [0.25, 0.3) is 0 Å². The number of carbonyl (C=O) groups is 2. The lowest BCUT2D eigenvalue weighted by Crippen LogP contribution is -2.48. The summed E-state index contributed by atoms with van der Waals surface area (Å²) in [6, 6.07) is 12.5. The first-order valence-corrected chi connectivity index (χ1v) is 13.9. The summed E-state index contributed by atoms with van der Waals surface area (Å²) in [6.45, 7) is 5.27. The molecule has 0 aromatic heterocycles. The molecule has 0 bridgehead atoms. The van der Waals surface area contributed by atoms with E-state index in [9.17, 15) is 18.0 Å². The zero-order chi connectivity index (χ0) is 26.9. The Morgan fingerprint density at radius 3 is 2.33 bits per heavy atom. The Bertz CT molecular complexity index is 1130. The van der Waals surface area contributed by atoms with E-state index in [1.54, 1.807) is 20.8 Å². The number of sulfonamides is 1. The maximum atomic E-state index is 13.7. The van der Waals surface area contributed by atoms with Crippen molar-refractivity contribution in [1.29, 1.82) is 0 Å². The zero-order valence-electron chi connectivity index (χ0n) is 20.9. The second-order valence-electron chi connectivity index (χ2n) is 8.94. The standard InChI is InChI=1S/C25H33BrN2O7S/c1-25(2,3)35-24(30)21(11-13-23(29)33-4)28(15-14-26)36(31,32)22-12-10-19(16-20(22)27)34-17-18-8-6-5-7-9-18/h5-10,12,16,21H,11,13-15,17,27H2,1-4H3/t21-/m1/s1. The number of benzene rings is 2. The minimum Gasteiger partial charge on any atom is -0.489 e. The highest BCUT2D eigenvalue weighted by molar-refractivity contribution is 9.09. The number of carbonyl (C=O) groups excluding carboxylic acids is 2. The van der Waals surface area contributed by atoms with Crippen LogP contribution in [0.15, 0.2) is 53.4 Å². The number of esters is 2. The Kier molecular flexibility index (Phi) is 10.7. The van der Waals surface area contributed by atoms with E-state index in [4.69, 9.17) is 15.2 Å². The first-order valence-electron chi connectivity index (χ1n) is 11.3. The molecule has 198 valence electrons. The van der Waals surface area contributed by atoms with Crippen molar-refractivity contribution in [2.24, 2.45) is 0 Å². The van der Waals surface area contributed by atoms with Crippen molar-refractivity contribution < 1.29 is 32.2 Å². The van der Waals surface area contributed by atoms with E-state index in [0.29, 0.717) is 5.75 Å². The van der Waals surface area contributed by atoms with Crippen LogP contribution < -0.4 is 10.5 Å². The predicted molar refractivity (Wildman–Crippen MR) is 140 cm³/mol. The number of rotatable bonds is 12. The third kappa shape index (κ3) is 8.49. The highest BCUT2D eigenvalue weighted by Gasteiger charge is 2.39. The third-order valence-electron chi connectivity index (χ3n) is 5.00. The number of nitrogens with zero attached hydrogens (tertiary/aromatic N) is 1. The Hall–Kier alpha value is -2.63. The van der Waals surface area contributed by atoms with E-state index < -0.39 is 33.6 Å². The van der Waals surface area contributed by atoms with Gasteiger partial charge in [-0.05, 0) is 44.9 Å². The van der Waals surface area contributed by atoms with E-state index in [1.807, 2.05) is 30.3 Å². The van der Waals surface area contributed by atoms with Crippen LogP contribution >= 0.6 is 15.9 Å². The quantitative estimate of drug-likeness (QED) is 0.226. The maximum Gasteiger partial charge on any atom is 0.324 e. The molecule has 0 spiro atoms. The monoisotopic (exact) mass is 584 g/mol. The van der Waals surface area contributed by atoms with E-state index in [0.717, 1.165) is 9.87 Å². The fraction of sp³-hybridized carbons (Fsp3) is 0.440. The minimum atomic E-state index is -4.26. The van der Waals surface area contributed by atoms with Gasteiger partial charge in [-0.2, -0.15) is 4.31 Å². The first kappa shape index (κ1) is 29.6. The zero-order valence-corrected chi connectivity index (χ0v) is 23.3. The van der Waals surface area contributed by atoms with Crippen molar-refractivity contribution in [2.45, 2.75) is 56.8 Å². The van der Waals surface area contributed by atoms with Crippen molar-refractivity contribution in [2.75, 3.05) is 24.7 Å². The molecule has 2 aromatic carbocycles. The van der Waals surface area contributed by atoms with Gasteiger partial charge < -0.3 is 19.9 Å². The molecule has 0 aliphatic carbocycles. The number of hydrogen-bond donors (Lipinski definition) is 1. The average molecular weight is 586 g/mol.